The monoisotopic (exact) mass is 267 g/mol. The van der Waals surface area contributed by atoms with Gasteiger partial charge in [0.15, 0.2) is 0 Å². The summed E-state index contributed by atoms with van der Waals surface area (Å²) in [6.45, 7) is 7.29. The summed E-state index contributed by atoms with van der Waals surface area (Å²) in [5.41, 5.74) is -0.609. The number of piperidine rings is 1. The van der Waals surface area contributed by atoms with Gasteiger partial charge in [0, 0.05) is 12.1 Å². The van der Waals surface area contributed by atoms with Crippen LogP contribution in [0.2, 0.25) is 0 Å². The first-order valence-electron chi connectivity index (χ1n) is 7.25. The smallest absolute Gasteiger partial charge is 0.246 e. The van der Waals surface area contributed by atoms with E-state index in [1.54, 1.807) is 0 Å². The number of piperazine rings is 1. The molecule has 108 valence electrons. The Kier molecular flexibility index (Phi) is 4.26. The number of carbonyl (C=O) groups excluding carboxylic acids is 2. The fourth-order valence-corrected chi connectivity index (χ4v) is 3.17. The lowest BCUT2D eigenvalue weighted by molar-refractivity contribution is -0.147. The standard InChI is InChI=1S/C14H25N3O2/c1-10(8-11-6-4-5-7-15-11)17-9-12(18)16-13(19)14(17,2)3/h10-11,15H,4-9H2,1-3H3,(H,16,18,19). The van der Waals surface area contributed by atoms with Crippen molar-refractivity contribution in [3.8, 4) is 0 Å². The van der Waals surface area contributed by atoms with Crippen LogP contribution in [0.4, 0.5) is 0 Å². The highest BCUT2D eigenvalue weighted by molar-refractivity contribution is 6.02. The maximum absolute atomic E-state index is 11.9. The van der Waals surface area contributed by atoms with Crippen LogP contribution in [0.1, 0.15) is 46.5 Å². The topological polar surface area (TPSA) is 61.4 Å². The number of nitrogens with zero attached hydrogens (tertiary/aromatic N) is 1. The Morgan fingerprint density at radius 3 is 2.74 bits per heavy atom. The van der Waals surface area contributed by atoms with E-state index in [0.29, 0.717) is 12.6 Å². The van der Waals surface area contributed by atoms with Crippen LogP contribution in [0.25, 0.3) is 0 Å². The van der Waals surface area contributed by atoms with E-state index in [9.17, 15) is 9.59 Å². The van der Waals surface area contributed by atoms with Crippen molar-refractivity contribution in [2.45, 2.75) is 64.1 Å². The van der Waals surface area contributed by atoms with E-state index in [2.05, 4.69) is 17.6 Å². The third kappa shape index (κ3) is 3.15. The molecule has 0 aromatic rings. The molecule has 0 aromatic heterocycles. The van der Waals surface area contributed by atoms with Crippen molar-refractivity contribution in [1.29, 1.82) is 0 Å². The van der Waals surface area contributed by atoms with Gasteiger partial charge >= 0.3 is 0 Å². The summed E-state index contributed by atoms with van der Waals surface area (Å²) in [5.74, 6) is -0.375. The van der Waals surface area contributed by atoms with Crippen LogP contribution in [0.15, 0.2) is 0 Å². The molecule has 0 saturated carbocycles. The molecule has 2 atom stereocenters. The van der Waals surface area contributed by atoms with Crippen LogP contribution in [-0.4, -0.2) is 47.4 Å². The Balaban J connectivity index is 2.01. The number of hydrogen-bond acceptors (Lipinski definition) is 4. The van der Waals surface area contributed by atoms with Gasteiger partial charge in [0.2, 0.25) is 11.8 Å². The highest BCUT2D eigenvalue weighted by Gasteiger charge is 2.43. The molecule has 0 aromatic carbocycles. The summed E-state index contributed by atoms with van der Waals surface area (Å²) in [6, 6.07) is 0.736. The first kappa shape index (κ1) is 14.5. The van der Waals surface area contributed by atoms with Gasteiger partial charge in [-0.25, -0.2) is 0 Å². The van der Waals surface area contributed by atoms with Crippen molar-refractivity contribution >= 4 is 11.8 Å². The lowest BCUT2D eigenvalue weighted by atomic mass is 9.92. The lowest BCUT2D eigenvalue weighted by Gasteiger charge is -2.44. The van der Waals surface area contributed by atoms with Gasteiger partial charge in [-0.1, -0.05) is 6.42 Å². The van der Waals surface area contributed by atoms with E-state index in [1.807, 2.05) is 18.7 Å². The molecule has 5 heteroatoms. The van der Waals surface area contributed by atoms with Gasteiger partial charge in [-0.15, -0.1) is 0 Å². The predicted molar refractivity (Wildman–Crippen MR) is 73.7 cm³/mol. The van der Waals surface area contributed by atoms with Crippen LogP contribution in [-0.2, 0) is 9.59 Å². The largest absolute Gasteiger partial charge is 0.314 e. The number of carbonyl (C=O) groups is 2. The van der Waals surface area contributed by atoms with Gasteiger partial charge in [-0.05, 0) is 46.6 Å². The Hall–Kier alpha value is -0.940. The molecule has 0 aliphatic carbocycles. The van der Waals surface area contributed by atoms with Gasteiger partial charge in [-0.3, -0.25) is 19.8 Å². The SMILES string of the molecule is CC(CC1CCCCN1)N1CC(=O)NC(=O)C1(C)C. The fraction of sp³-hybridized carbons (Fsp3) is 0.857. The van der Waals surface area contributed by atoms with Gasteiger partial charge in [0.05, 0.1) is 12.1 Å². The van der Waals surface area contributed by atoms with Gasteiger partial charge in [-0.2, -0.15) is 0 Å². The summed E-state index contributed by atoms with van der Waals surface area (Å²) in [5, 5.41) is 5.95. The van der Waals surface area contributed by atoms with Gasteiger partial charge in [0.25, 0.3) is 0 Å². The van der Waals surface area contributed by atoms with Gasteiger partial charge < -0.3 is 5.32 Å². The number of amides is 2. The molecule has 2 aliphatic rings. The first-order valence-corrected chi connectivity index (χ1v) is 7.25. The lowest BCUT2D eigenvalue weighted by Crippen LogP contribution is -2.66. The van der Waals surface area contributed by atoms with Crippen molar-refractivity contribution in [3.05, 3.63) is 0 Å². The van der Waals surface area contributed by atoms with Crippen molar-refractivity contribution < 1.29 is 9.59 Å². The molecule has 2 unspecified atom stereocenters. The second-order valence-corrected chi connectivity index (χ2v) is 6.30. The van der Waals surface area contributed by atoms with Crippen LogP contribution < -0.4 is 10.6 Å². The average molecular weight is 267 g/mol. The quantitative estimate of drug-likeness (QED) is 0.737. The zero-order chi connectivity index (χ0) is 14.0. The van der Waals surface area contributed by atoms with Crippen LogP contribution >= 0.6 is 0 Å². The summed E-state index contributed by atoms with van der Waals surface area (Å²) in [4.78, 5) is 25.6. The fourth-order valence-electron chi connectivity index (χ4n) is 3.17. The molecule has 2 fully saturated rings. The molecule has 2 aliphatic heterocycles. The third-order valence-corrected chi connectivity index (χ3v) is 4.41. The van der Waals surface area contributed by atoms with Gasteiger partial charge in [0.1, 0.15) is 0 Å². The third-order valence-electron chi connectivity index (χ3n) is 4.41. The van der Waals surface area contributed by atoms with Crippen LogP contribution in [0.5, 0.6) is 0 Å². The van der Waals surface area contributed by atoms with E-state index >= 15 is 0 Å². The predicted octanol–water partition coefficient (Wildman–Crippen LogP) is 0.644. The number of nitrogens with one attached hydrogen (secondary N) is 2. The Morgan fingerprint density at radius 2 is 2.11 bits per heavy atom. The second kappa shape index (κ2) is 5.59. The molecule has 2 saturated heterocycles. The molecule has 2 heterocycles. The summed E-state index contributed by atoms with van der Waals surface area (Å²) in [7, 11) is 0. The van der Waals surface area contributed by atoms with Crippen LogP contribution in [0.3, 0.4) is 0 Å². The average Bonchev–Trinajstić information content (AvgIpc) is 2.35. The normalized spacial score (nSPS) is 29.9. The Bertz CT molecular complexity index is 362. The molecule has 19 heavy (non-hydrogen) atoms. The Labute approximate surface area is 115 Å². The molecule has 5 nitrogen and oxygen atoms in total. The summed E-state index contributed by atoms with van der Waals surface area (Å²) < 4.78 is 0. The van der Waals surface area contributed by atoms with Crippen molar-refractivity contribution in [2.75, 3.05) is 13.1 Å². The van der Waals surface area contributed by atoms with E-state index in [1.165, 1.54) is 19.3 Å². The minimum absolute atomic E-state index is 0.187. The minimum atomic E-state index is -0.609. The minimum Gasteiger partial charge on any atom is -0.314 e. The summed E-state index contributed by atoms with van der Waals surface area (Å²) in [6.07, 6.45) is 4.71. The number of rotatable bonds is 3. The molecule has 0 bridgehead atoms. The molecule has 0 spiro atoms. The molecule has 2 rings (SSSR count). The number of imide groups is 1. The molecular formula is C14H25N3O2. The van der Waals surface area contributed by atoms with E-state index in [4.69, 9.17) is 0 Å². The van der Waals surface area contributed by atoms with E-state index in [0.717, 1.165) is 13.0 Å². The van der Waals surface area contributed by atoms with E-state index < -0.39 is 5.54 Å². The highest BCUT2D eigenvalue weighted by Crippen LogP contribution is 2.24. The second-order valence-electron chi connectivity index (χ2n) is 6.30. The van der Waals surface area contributed by atoms with Crippen molar-refractivity contribution in [1.82, 2.24) is 15.5 Å². The number of hydrogen-bond donors (Lipinski definition) is 2. The Morgan fingerprint density at radius 1 is 1.37 bits per heavy atom. The van der Waals surface area contributed by atoms with Crippen LogP contribution in [0, 0.1) is 0 Å². The summed E-state index contributed by atoms with van der Waals surface area (Å²) >= 11 is 0. The first-order chi connectivity index (χ1) is 8.91. The molecular weight excluding hydrogens is 242 g/mol. The molecule has 0 radical (unpaired) electrons. The molecule has 2 amide bonds. The van der Waals surface area contributed by atoms with Crippen molar-refractivity contribution in [3.63, 3.8) is 0 Å². The van der Waals surface area contributed by atoms with E-state index in [-0.39, 0.29) is 17.9 Å². The molecule has 2 N–H and O–H groups in total. The maximum Gasteiger partial charge on any atom is 0.246 e. The highest BCUT2D eigenvalue weighted by atomic mass is 16.2. The van der Waals surface area contributed by atoms with Crippen molar-refractivity contribution in [2.24, 2.45) is 0 Å². The maximum atomic E-state index is 11.9. The zero-order valence-electron chi connectivity index (χ0n) is 12.2. The zero-order valence-corrected chi connectivity index (χ0v) is 12.2.